The van der Waals surface area contributed by atoms with E-state index in [0.717, 1.165) is 21.7 Å². The third-order valence-electron chi connectivity index (χ3n) is 3.11. The van der Waals surface area contributed by atoms with Crippen molar-refractivity contribution < 1.29 is 4.79 Å². The summed E-state index contributed by atoms with van der Waals surface area (Å²) in [6.07, 6.45) is 0. The Labute approximate surface area is 116 Å². The van der Waals surface area contributed by atoms with Gasteiger partial charge < -0.3 is 5.73 Å². The van der Waals surface area contributed by atoms with Crippen molar-refractivity contribution in [1.29, 1.82) is 0 Å². The molecule has 2 rings (SSSR count). The number of anilines is 2. The van der Waals surface area contributed by atoms with Gasteiger partial charge in [0.2, 0.25) is 0 Å². The van der Waals surface area contributed by atoms with E-state index in [9.17, 15) is 4.79 Å². The predicted molar refractivity (Wildman–Crippen MR) is 79.9 cm³/mol. The zero-order chi connectivity index (χ0) is 14.2. The summed E-state index contributed by atoms with van der Waals surface area (Å²) in [5, 5.41) is 3.44. The second-order valence-electron chi connectivity index (χ2n) is 4.64. The molecule has 4 nitrogen and oxygen atoms in total. The van der Waals surface area contributed by atoms with Crippen LogP contribution in [0, 0.1) is 27.7 Å². The molecule has 0 saturated carbocycles. The highest BCUT2D eigenvalue weighted by molar-refractivity contribution is 7.15. The maximum atomic E-state index is 12.2. The van der Waals surface area contributed by atoms with Gasteiger partial charge in [-0.3, -0.25) is 10.1 Å². The van der Waals surface area contributed by atoms with Gasteiger partial charge in [-0.1, -0.05) is 6.07 Å². The Morgan fingerprint density at radius 1 is 1.21 bits per heavy atom. The summed E-state index contributed by atoms with van der Waals surface area (Å²) in [5.74, 6) is -0.169. The Balaban J connectivity index is 2.27. The molecule has 19 heavy (non-hydrogen) atoms. The topological polar surface area (TPSA) is 68.0 Å². The molecular formula is C14H17N3OS. The lowest BCUT2D eigenvalue weighted by molar-refractivity contribution is 0.102. The lowest BCUT2D eigenvalue weighted by Gasteiger charge is -2.08. The monoisotopic (exact) mass is 275 g/mol. The van der Waals surface area contributed by atoms with Gasteiger partial charge in [-0.15, -0.1) is 11.3 Å². The first-order valence-electron chi connectivity index (χ1n) is 6.00. The molecule has 0 spiro atoms. The van der Waals surface area contributed by atoms with Crippen LogP contribution >= 0.6 is 11.3 Å². The zero-order valence-corrected chi connectivity index (χ0v) is 12.3. The van der Waals surface area contributed by atoms with Crippen LogP contribution in [0.2, 0.25) is 0 Å². The fourth-order valence-corrected chi connectivity index (χ4v) is 2.61. The Morgan fingerprint density at radius 3 is 2.47 bits per heavy atom. The van der Waals surface area contributed by atoms with Crippen molar-refractivity contribution >= 4 is 28.1 Å². The summed E-state index contributed by atoms with van der Waals surface area (Å²) in [7, 11) is 0. The molecule has 0 aliphatic rings. The number of rotatable bonds is 2. The number of carbonyl (C=O) groups excluding carboxylic acids is 1. The van der Waals surface area contributed by atoms with Crippen LogP contribution < -0.4 is 11.1 Å². The van der Waals surface area contributed by atoms with Crippen molar-refractivity contribution in [3.05, 3.63) is 39.4 Å². The SMILES string of the molecule is Cc1cc(C)c(C(=O)Nc2nc(C)c(C)s2)cc1N. The van der Waals surface area contributed by atoms with E-state index in [0.29, 0.717) is 16.4 Å². The van der Waals surface area contributed by atoms with Crippen LogP contribution in [-0.2, 0) is 0 Å². The van der Waals surface area contributed by atoms with Gasteiger partial charge in [0.15, 0.2) is 5.13 Å². The number of hydrogen-bond donors (Lipinski definition) is 2. The minimum absolute atomic E-state index is 0.169. The molecule has 0 aliphatic carbocycles. The molecule has 3 N–H and O–H groups in total. The van der Waals surface area contributed by atoms with Gasteiger partial charge in [-0.25, -0.2) is 4.98 Å². The van der Waals surface area contributed by atoms with E-state index < -0.39 is 0 Å². The normalized spacial score (nSPS) is 10.5. The van der Waals surface area contributed by atoms with Gasteiger partial charge in [0.05, 0.1) is 5.69 Å². The maximum Gasteiger partial charge on any atom is 0.257 e. The summed E-state index contributed by atoms with van der Waals surface area (Å²) < 4.78 is 0. The van der Waals surface area contributed by atoms with Gasteiger partial charge in [-0.05, 0) is 44.9 Å². The summed E-state index contributed by atoms with van der Waals surface area (Å²) in [6, 6.07) is 3.63. The third-order valence-corrected chi connectivity index (χ3v) is 4.09. The largest absolute Gasteiger partial charge is 0.398 e. The molecule has 0 bridgehead atoms. The predicted octanol–water partition coefficient (Wildman–Crippen LogP) is 3.21. The number of benzene rings is 1. The van der Waals surface area contributed by atoms with E-state index in [2.05, 4.69) is 10.3 Å². The highest BCUT2D eigenvalue weighted by Gasteiger charge is 2.13. The lowest BCUT2D eigenvalue weighted by atomic mass is 10.0. The van der Waals surface area contributed by atoms with Crippen molar-refractivity contribution in [2.24, 2.45) is 0 Å². The molecule has 1 aromatic heterocycles. The van der Waals surface area contributed by atoms with Crippen molar-refractivity contribution in [2.75, 3.05) is 11.1 Å². The molecule has 0 saturated heterocycles. The van der Waals surface area contributed by atoms with E-state index >= 15 is 0 Å². The number of nitrogens with zero attached hydrogens (tertiary/aromatic N) is 1. The van der Waals surface area contributed by atoms with Crippen LogP contribution in [0.5, 0.6) is 0 Å². The minimum atomic E-state index is -0.169. The molecule has 0 radical (unpaired) electrons. The molecule has 100 valence electrons. The van der Waals surface area contributed by atoms with E-state index in [4.69, 9.17) is 5.73 Å². The number of nitrogen functional groups attached to an aromatic ring is 1. The van der Waals surface area contributed by atoms with Gasteiger partial charge in [0.25, 0.3) is 5.91 Å². The standard InChI is InChI=1S/C14H17N3OS/c1-7-5-8(2)12(15)6-11(7)13(18)17-14-16-9(3)10(4)19-14/h5-6H,15H2,1-4H3,(H,16,17,18). The number of nitrogens with one attached hydrogen (secondary N) is 1. The molecule has 5 heteroatoms. The highest BCUT2D eigenvalue weighted by Crippen LogP contribution is 2.23. The number of aromatic nitrogens is 1. The molecule has 2 aromatic rings. The number of thiazole rings is 1. The number of carbonyl (C=O) groups is 1. The fourth-order valence-electron chi connectivity index (χ4n) is 1.80. The Kier molecular flexibility index (Phi) is 3.57. The first-order valence-corrected chi connectivity index (χ1v) is 6.82. The van der Waals surface area contributed by atoms with Crippen molar-refractivity contribution in [2.45, 2.75) is 27.7 Å². The molecule has 1 aromatic carbocycles. The number of amides is 1. The van der Waals surface area contributed by atoms with Gasteiger partial charge >= 0.3 is 0 Å². The van der Waals surface area contributed by atoms with Crippen molar-refractivity contribution in [3.8, 4) is 0 Å². The quantitative estimate of drug-likeness (QED) is 0.827. The average molecular weight is 275 g/mol. The first-order chi connectivity index (χ1) is 8.88. The fraction of sp³-hybridized carbons (Fsp3) is 0.286. The van der Waals surface area contributed by atoms with Crippen LogP contribution in [0.25, 0.3) is 0 Å². The van der Waals surface area contributed by atoms with Crippen LogP contribution in [-0.4, -0.2) is 10.9 Å². The lowest BCUT2D eigenvalue weighted by Crippen LogP contribution is -2.14. The van der Waals surface area contributed by atoms with Crippen molar-refractivity contribution in [1.82, 2.24) is 4.98 Å². The summed E-state index contributed by atoms with van der Waals surface area (Å²) in [4.78, 5) is 17.6. The average Bonchev–Trinajstić information content (AvgIpc) is 2.62. The van der Waals surface area contributed by atoms with Gasteiger partial charge in [0, 0.05) is 16.1 Å². The summed E-state index contributed by atoms with van der Waals surface area (Å²) in [5.41, 5.74) is 9.91. The molecule has 1 heterocycles. The van der Waals surface area contributed by atoms with E-state index in [1.807, 2.05) is 33.8 Å². The van der Waals surface area contributed by atoms with Gasteiger partial charge in [0.1, 0.15) is 0 Å². The smallest absolute Gasteiger partial charge is 0.257 e. The number of hydrogen-bond acceptors (Lipinski definition) is 4. The molecule has 0 atom stereocenters. The van der Waals surface area contributed by atoms with Crippen LogP contribution in [0.1, 0.15) is 32.1 Å². The number of nitrogens with two attached hydrogens (primary N) is 1. The Hall–Kier alpha value is -1.88. The highest BCUT2D eigenvalue weighted by atomic mass is 32.1. The first kappa shape index (κ1) is 13.5. The van der Waals surface area contributed by atoms with Crippen LogP contribution in [0.15, 0.2) is 12.1 Å². The Morgan fingerprint density at radius 2 is 1.89 bits per heavy atom. The number of aryl methyl sites for hydroxylation is 4. The molecule has 0 aliphatic heterocycles. The van der Waals surface area contributed by atoms with E-state index in [1.165, 1.54) is 11.3 Å². The van der Waals surface area contributed by atoms with Crippen molar-refractivity contribution in [3.63, 3.8) is 0 Å². The Bertz CT molecular complexity index is 627. The van der Waals surface area contributed by atoms with Gasteiger partial charge in [-0.2, -0.15) is 0 Å². The second-order valence-corrected chi connectivity index (χ2v) is 5.84. The third kappa shape index (κ3) is 2.76. The second kappa shape index (κ2) is 5.01. The molecule has 0 fully saturated rings. The minimum Gasteiger partial charge on any atom is -0.398 e. The summed E-state index contributed by atoms with van der Waals surface area (Å²) >= 11 is 1.48. The van der Waals surface area contributed by atoms with Crippen LogP contribution in [0.4, 0.5) is 10.8 Å². The van der Waals surface area contributed by atoms with Crippen LogP contribution in [0.3, 0.4) is 0 Å². The molecule has 0 unspecified atom stereocenters. The summed E-state index contributed by atoms with van der Waals surface area (Å²) in [6.45, 7) is 7.74. The van der Waals surface area contributed by atoms with E-state index in [-0.39, 0.29) is 5.91 Å². The molecular weight excluding hydrogens is 258 g/mol. The maximum absolute atomic E-state index is 12.2. The van der Waals surface area contributed by atoms with E-state index in [1.54, 1.807) is 6.07 Å². The molecule has 1 amide bonds. The zero-order valence-electron chi connectivity index (χ0n) is 11.5.